The molecule has 7 nitrogen and oxygen atoms in total. The van der Waals surface area contributed by atoms with Gasteiger partial charge in [-0.3, -0.25) is 4.79 Å². The van der Waals surface area contributed by atoms with Gasteiger partial charge < -0.3 is 9.80 Å². The van der Waals surface area contributed by atoms with Crippen LogP contribution in [0.2, 0.25) is 0 Å². The van der Waals surface area contributed by atoms with Crippen LogP contribution in [0.3, 0.4) is 0 Å². The van der Waals surface area contributed by atoms with Gasteiger partial charge >= 0.3 is 0 Å². The van der Waals surface area contributed by atoms with E-state index in [1.54, 1.807) is 0 Å². The van der Waals surface area contributed by atoms with Crippen LogP contribution in [0.15, 0.2) is 0 Å². The highest BCUT2D eigenvalue weighted by atomic mass is 16.2. The van der Waals surface area contributed by atoms with Crippen LogP contribution >= 0.6 is 0 Å². The Morgan fingerprint density at radius 3 is 2.57 bits per heavy atom. The third kappa shape index (κ3) is 3.07. The average molecular weight is 292 g/mol. The van der Waals surface area contributed by atoms with E-state index < -0.39 is 0 Å². The fourth-order valence-electron chi connectivity index (χ4n) is 3.59. The van der Waals surface area contributed by atoms with E-state index in [0.29, 0.717) is 5.91 Å². The first-order chi connectivity index (χ1) is 10.1. The van der Waals surface area contributed by atoms with Crippen LogP contribution in [0.25, 0.3) is 0 Å². The van der Waals surface area contributed by atoms with E-state index in [9.17, 15) is 4.79 Å². The summed E-state index contributed by atoms with van der Waals surface area (Å²) in [5.74, 6) is 1.19. The van der Waals surface area contributed by atoms with Crippen molar-refractivity contribution < 1.29 is 4.79 Å². The first-order valence-electron chi connectivity index (χ1n) is 7.77. The number of nitrogens with zero attached hydrogens (tertiary/aromatic N) is 6. The van der Waals surface area contributed by atoms with E-state index in [4.69, 9.17) is 0 Å². The zero-order valence-corrected chi connectivity index (χ0v) is 13.0. The maximum atomic E-state index is 11.8. The lowest BCUT2D eigenvalue weighted by Crippen LogP contribution is -2.41. The SMILES string of the molecule is Cc1nnnn1CCCN1CCC2(CC1)CC(=O)N(C)C2. The highest BCUT2D eigenvalue weighted by Crippen LogP contribution is 2.40. The summed E-state index contributed by atoms with van der Waals surface area (Å²) in [6.45, 7) is 7.05. The van der Waals surface area contributed by atoms with E-state index in [-0.39, 0.29) is 5.41 Å². The van der Waals surface area contributed by atoms with Crippen molar-refractivity contribution in [1.29, 1.82) is 0 Å². The summed E-state index contributed by atoms with van der Waals surface area (Å²) in [6.07, 6.45) is 4.11. The Morgan fingerprint density at radius 2 is 2.00 bits per heavy atom. The van der Waals surface area contributed by atoms with E-state index in [0.717, 1.165) is 64.2 Å². The number of rotatable bonds is 4. The molecule has 0 atom stereocenters. The molecule has 3 rings (SSSR count). The largest absolute Gasteiger partial charge is 0.345 e. The molecular formula is C14H24N6O. The van der Waals surface area contributed by atoms with Gasteiger partial charge in [0.15, 0.2) is 0 Å². The molecule has 7 heteroatoms. The Labute approximate surface area is 125 Å². The number of hydrogen-bond acceptors (Lipinski definition) is 5. The second-order valence-corrected chi connectivity index (χ2v) is 6.57. The van der Waals surface area contributed by atoms with Crippen LogP contribution in [-0.4, -0.2) is 69.1 Å². The number of aromatic nitrogens is 4. The molecule has 1 aromatic heterocycles. The third-order valence-electron chi connectivity index (χ3n) is 5.00. The summed E-state index contributed by atoms with van der Waals surface area (Å²) in [6, 6.07) is 0. The van der Waals surface area contributed by atoms with E-state index >= 15 is 0 Å². The quantitative estimate of drug-likeness (QED) is 0.799. The molecule has 21 heavy (non-hydrogen) atoms. The lowest BCUT2D eigenvalue weighted by atomic mass is 9.77. The van der Waals surface area contributed by atoms with Crippen molar-refractivity contribution >= 4 is 5.91 Å². The van der Waals surface area contributed by atoms with Gasteiger partial charge in [-0.2, -0.15) is 0 Å². The second kappa shape index (κ2) is 5.71. The predicted molar refractivity (Wildman–Crippen MR) is 77.5 cm³/mol. The molecule has 0 unspecified atom stereocenters. The predicted octanol–water partition coefficient (Wildman–Crippen LogP) is 0.316. The molecule has 0 aromatic carbocycles. The lowest BCUT2D eigenvalue weighted by molar-refractivity contribution is -0.126. The van der Waals surface area contributed by atoms with Gasteiger partial charge in [-0.15, -0.1) is 5.10 Å². The smallest absolute Gasteiger partial charge is 0.222 e. The molecule has 0 N–H and O–H groups in total. The molecule has 1 aromatic rings. The summed E-state index contributed by atoms with van der Waals surface area (Å²) in [7, 11) is 1.93. The molecule has 0 saturated carbocycles. The monoisotopic (exact) mass is 292 g/mol. The van der Waals surface area contributed by atoms with Gasteiger partial charge in [0.05, 0.1) is 0 Å². The molecule has 1 amide bonds. The Hall–Kier alpha value is -1.50. The molecule has 0 bridgehead atoms. The second-order valence-electron chi connectivity index (χ2n) is 6.57. The van der Waals surface area contributed by atoms with Crippen molar-refractivity contribution in [3.63, 3.8) is 0 Å². The van der Waals surface area contributed by atoms with Gasteiger partial charge in [0, 0.05) is 26.6 Å². The van der Waals surface area contributed by atoms with Crippen molar-refractivity contribution in [3.8, 4) is 0 Å². The summed E-state index contributed by atoms with van der Waals surface area (Å²) >= 11 is 0. The van der Waals surface area contributed by atoms with Crippen molar-refractivity contribution in [3.05, 3.63) is 5.82 Å². The van der Waals surface area contributed by atoms with Gasteiger partial charge in [0.1, 0.15) is 5.82 Å². The Morgan fingerprint density at radius 1 is 1.24 bits per heavy atom. The number of tetrazole rings is 1. The molecule has 2 fully saturated rings. The minimum Gasteiger partial charge on any atom is -0.345 e. The minimum absolute atomic E-state index is 0.259. The maximum absolute atomic E-state index is 11.8. The van der Waals surface area contributed by atoms with Crippen LogP contribution in [0.5, 0.6) is 0 Å². The Bertz CT molecular complexity index is 505. The number of likely N-dealkylation sites (tertiary alicyclic amines) is 2. The van der Waals surface area contributed by atoms with Gasteiger partial charge in [0.25, 0.3) is 0 Å². The number of piperidine rings is 1. The van der Waals surface area contributed by atoms with Gasteiger partial charge in [0.2, 0.25) is 5.91 Å². The fourth-order valence-corrected chi connectivity index (χ4v) is 3.59. The summed E-state index contributed by atoms with van der Waals surface area (Å²) in [5.41, 5.74) is 0.259. The first-order valence-corrected chi connectivity index (χ1v) is 7.77. The lowest BCUT2D eigenvalue weighted by Gasteiger charge is -2.38. The van der Waals surface area contributed by atoms with Crippen molar-refractivity contribution in [2.45, 2.75) is 39.2 Å². The van der Waals surface area contributed by atoms with Crippen LogP contribution in [-0.2, 0) is 11.3 Å². The van der Waals surface area contributed by atoms with Crippen molar-refractivity contribution in [2.24, 2.45) is 5.41 Å². The summed E-state index contributed by atoms with van der Waals surface area (Å²) in [4.78, 5) is 16.2. The molecule has 2 saturated heterocycles. The molecule has 2 aliphatic rings. The summed E-state index contributed by atoms with van der Waals surface area (Å²) < 4.78 is 1.86. The number of hydrogen-bond donors (Lipinski definition) is 0. The molecular weight excluding hydrogens is 268 g/mol. The first kappa shape index (κ1) is 14.4. The van der Waals surface area contributed by atoms with Crippen molar-refractivity contribution in [1.82, 2.24) is 30.0 Å². The molecule has 3 heterocycles. The zero-order chi connectivity index (χ0) is 14.9. The number of amides is 1. The molecule has 0 aliphatic carbocycles. The Balaban J connectivity index is 1.42. The highest BCUT2D eigenvalue weighted by molar-refractivity contribution is 5.79. The highest BCUT2D eigenvalue weighted by Gasteiger charge is 2.43. The van der Waals surface area contributed by atoms with E-state index in [1.165, 1.54) is 0 Å². The maximum Gasteiger partial charge on any atom is 0.222 e. The zero-order valence-electron chi connectivity index (χ0n) is 13.0. The van der Waals surface area contributed by atoms with E-state index in [2.05, 4.69) is 20.4 Å². The minimum atomic E-state index is 0.259. The molecule has 0 radical (unpaired) electrons. The number of carbonyl (C=O) groups is 1. The number of aryl methyl sites for hydroxylation is 2. The van der Waals surface area contributed by atoms with Crippen molar-refractivity contribution in [2.75, 3.05) is 33.2 Å². The normalized spacial score (nSPS) is 22.4. The van der Waals surface area contributed by atoms with Crippen LogP contribution in [0, 0.1) is 12.3 Å². The fraction of sp³-hybridized carbons (Fsp3) is 0.857. The van der Waals surface area contributed by atoms with Crippen LogP contribution in [0.1, 0.15) is 31.5 Å². The third-order valence-corrected chi connectivity index (χ3v) is 5.00. The van der Waals surface area contributed by atoms with Crippen LogP contribution < -0.4 is 0 Å². The molecule has 2 aliphatic heterocycles. The Kier molecular flexibility index (Phi) is 3.93. The van der Waals surface area contributed by atoms with Crippen LogP contribution in [0.4, 0.5) is 0 Å². The summed E-state index contributed by atoms with van der Waals surface area (Å²) in [5, 5.41) is 11.5. The molecule has 116 valence electrons. The van der Waals surface area contributed by atoms with Gasteiger partial charge in [-0.05, 0) is 61.7 Å². The topological polar surface area (TPSA) is 67.2 Å². The average Bonchev–Trinajstić information content (AvgIpc) is 2.98. The number of carbonyl (C=O) groups excluding carboxylic acids is 1. The molecule has 1 spiro atoms. The van der Waals surface area contributed by atoms with Gasteiger partial charge in [-0.1, -0.05) is 0 Å². The van der Waals surface area contributed by atoms with Gasteiger partial charge in [-0.25, -0.2) is 4.68 Å². The van der Waals surface area contributed by atoms with E-state index in [1.807, 2.05) is 23.6 Å². The standard InChI is InChI=1S/C14H24N6O/c1-12-15-16-17-20(12)7-3-6-19-8-4-14(5-9-19)10-13(21)18(2)11-14/h3-11H2,1-2H3.